The Balaban J connectivity index is 4.84. The minimum Gasteiger partial charge on any atom is -0.394 e. The highest BCUT2D eigenvalue weighted by Crippen LogP contribution is 2.07. The fourth-order valence-electron chi connectivity index (χ4n) is 0.906. The summed E-state index contributed by atoms with van der Waals surface area (Å²) in [6.45, 7) is 12.8. The fourth-order valence-corrected chi connectivity index (χ4v) is 0.906. The Morgan fingerprint density at radius 2 is 1.87 bits per heavy atom. The van der Waals surface area contributed by atoms with Gasteiger partial charge in [-0.2, -0.15) is 0 Å². The number of amides is 1. The number of nitrogens with one attached hydrogen (secondary N) is 1. The SMILES string of the molecule is C=CC(/C=C(\N)C(=O)NC(=C)C)=C(C)C. The molecule has 0 aromatic carbocycles. The van der Waals surface area contributed by atoms with Crippen LogP contribution in [0.15, 0.2) is 47.9 Å². The molecular weight excluding hydrogens is 188 g/mol. The van der Waals surface area contributed by atoms with Gasteiger partial charge in [0.15, 0.2) is 0 Å². The van der Waals surface area contributed by atoms with Crippen LogP contribution in [0.5, 0.6) is 0 Å². The van der Waals surface area contributed by atoms with E-state index in [9.17, 15) is 4.79 Å². The van der Waals surface area contributed by atoms with E-state index >= 15 is 0 Å². The van der Waals surface area contributed by atoms with E-state index < -0.39 is 0 Å². The summed E-state index contributed by atoms with van der Waals surface area (Å²) < 4.78 is 0. The topological polar surface area (TPSA) is 55.1 Å². The highest BCUT2D eigenvalue weighted by atomic mass is 16.2. The standard InChI is InChI=1S/C12H18N2O/c1-6-10(8(2)3)7-11(13)12(15)14-9(4)5/h6-7H,1,4,13H2,2-3,5H3,(H,14,15)/b11-7-. The van der Waals surface area contributed by atoms with Gasteiger partial charge in [-0.3, -0.25) is 4.79 Å². The van der Waals surface area contributed by atoms with Crippen LogP contribution in [0.1, 0.15) is 20.8 Å². The molecule has 0 saturated heterocycles. The molecule has 0 unspecified atom stereocenters. The molecule has 0 aliphatic heterocycles. The van der Waals surface area contributed by atoms with Gasteiger partial charge in [0.25, 0.3) is 5.91 Å². The summed E-state index contributed by atoms with van der Waals surface area (Å²) in [4.78, 5) is 11.4. The zero-order chi connectivity index (χ0) is 12.0. The van der Waals surface area contributed by atoms with Crippen molar-refractivity contribution in [1.29, 1.82) is 0 Å². The Hall–Kier alpha value is -1.77. The van der Waals surface area contributed by atoms with Gasteiger partial charge in [0, 0.05) is 5.70 Å². The van der Waals surface area contributed by atoms with E-state index in [2.05, 4.69) is 18.5 Å². The lowest BCUT2D eigenvalue weighted by atomic mass is 10.1. The maximum atomic E-state index is 11.4. The number of carbonyl (C=O) groups is 1. The Labute approximate surface area is 91.0 Å². The van der Waals surface area contributed by atoms with Crippen molar-refractivity contribution in [3.63, 3.8) is 0 Å². The Kier molecular flexibility index (Phi) is 5.16. The smallest absolute Gasteiger partial charge is 0.271 e. The molecule has 0 heterocycles. The van der Waals surface area contributed by atoms with Gasteiger partial charge < -0.3 is 11.1 Å². The van der Waals surface area contributed by atoms with Crippen molar-refractivity contribution in [3.05, 3.63) is 47.9 Å². The largest absolute Gasteiger partial charge is 0.394 e. The molecule has 0 rings (SSSR count). The highest BCUT2D eigenvalue weighted by molar-refractivity contribution is 5.94. The first-order valence-corrected chi connectivity index (χ1v) is 4.62. The molecule has 0 atom stereocenters. The van der Waals surface area contributed by atoms with Crippen molar-refractivity contribution in [2.24, 2.45) is 5.73 Å². The minimum atomic E-state index is -0.344. The molecule has 0 aliphatic rings. The van der Waals surface area contributed by atoms with Crippen LogP contribution in [-0.2, 0) is 4.79 Å². The van der Waals surface area contributed by atoms with E-state index in [4.69, 9.17) is 5.73 Å². The summed E-state index contributed by atoms with van der Waals surface area (Å²) >= 11 is 0. The van der Waals surface area contributed by atoms with E-state index in [1.807, 2.05) is 13.8 Å². The Morgan fingerprint density at radius 1 is 1.33 bits per heavy atom. The summed E-state index contributed by atoms with van der Waals surface area (Å²) in [6.07, 6.45) is 3.26. The lowest BCUT2D eigenvalue weighted by Gasteiger charge is -2.05. The van der Waals surface area contributed by atoms with E-state index in [0.717, 1.165) is 11.1 Å². The normalized spacial score (nSPS) is 10.5. The molecule has 0 aromatic rings. The molecule has 0 aliphatic carbocycles. The zero-order valence-corrected chi connectivity index (χ0v) is 9.55. The number of carbonyl (C=O) groups excluding carboxylic acids is 1. The number of rotatable bonds is 4. The van der Waals surface area contributed by atoms with Gasteiger partial charge >= 0.3 is 0 Å². The van der Waals surface area contributed by atoms with Gasteiger partial charge in [0.2, 0.25) is 0 Å². The number of hydrogen-bond donors (Lipinski definition) is 2. The molecule has 1 amide bonds. The van der Waals surface area contributed by atoms with Crippen LogP contribution < -0.4 is 11.1 Å². The summed E-state index contributed by atoms with van der Waals surface area (Å²) in [5, 5.41) is 2.53. The summed E-state index contributed by atoms with van der Waals surface area (Å²) in [6, 6.07) is 0. The monoisotopic (exact) mass is 206 g/mol. The first kappa shape index (κ1) is 13.2. The van der Waals surface area contributed by atoms with Crippen LogP contribution in [0, 0.1) is 0 Å². The van der Waals surface area contributed by atoms with Crippen LogP contribution in [0.25, 0.3) is 0 Å². The first-order valence-electron chi connectivity index (χ1n) is 4.62. The second-order valence-electron chi connectivity index (χ2n) is 3.49. The second-order valence-corrected chi connectivity index (χ2v) is 3.49. The average molecular weight is 206 g/mol. The number of allylic oxidation sites excluding steroid dienone is 5. The maximum absolute atomic E-state index is 11.4. The predicted molar refractivity (Wildman–Crippen MR) is 63.8 cm³/mol. The molecule has 3 heteroatoms. The number of nitrogens with two attached hydrogens (primary N) is 1. The minimum absolute atomic E-state index is 0.147. The van der Waals surface area contributed by atoms with Gasteiger partial charge in [-0.25, -0.2) is 0 Å². The fraction of sp³-hybridized carbons (Fsp3) is 0.250. The zero-order valence-electron chi connectivity index (χ0n) is 9.55. The summed E-state index contributed by atoms with van der Waals surface area (Å²) in [5.41, 5.74) is 8.22. The molecule has 15 heavy (non-hydrogen) atoms. The van der Waals surface area contributed by atoms with Crippen molar-refractivity contribution < 1.29 is 4.79 Å². The lowest BCUT2D eigenvalue weighted by molar-refractivity contribution is -0.116. The van der Waals surface area contributed by atoms with Crippen molar-refractivity contribution >= 4 is 5.91 Å². The van der Waals surface area contributed by atoms with Crippen molar-refractivity contribution in [2.75, 3.05) is 0 Å². The van der Waals surface area contributed by atoms with E-state index in [1.54, 1.807) is 19.1 Å². The third-order valence-corrected chi connectivity index (χ3v) is 1.70. The molecule has 0 radical (unpaired) electrons. The summed E-state index contributed by atoms with van der Waals surface area (Å²) in [7, 11) is 0. The molecule has 3 N–H and O–H groups in total. The van der Waals surface area contributed by atoms with Crippen LogP contribution in [0.4, 0.5) is 0 Å². The summed E-state index contributed by atoms with van der Waals surface area (Å²) in [5.74, 6) is -0.344. The molecule has 82 valence electrons. The van der Waals surface area contributed by atoms with E-state index in [-0.39, 0.29) is 11.6 Å². The van der Waals surface area contributed by atoms with Gasteiger partial charge in [-0.15, -0.1) is 0 Å². The quantitative estimate of drug-likeness (QED) is 0.546. The van der Waals surface area contributed by atoms with Crippen LogP contribution >= 0.6 is 0 Å². The molecule has 0 fully saturated rings. The molecule has 0 bridgehead atoms. The lowest BCUT2D eigenvalue weighted by Crippen LogP contribution is -2.26. The van der Waals surface area contributed by atoms with Crippen molar-refractivity contribution in [3.8, 4) is 0 Å². The molecular formula is C12H18N2O. The Bertz CT molecular complexity index is 345. The molecule has 3 nitrogen and oxygen atoms in total. The predicted octanol–water partition coefficient (Wildman–Crippen LogP) is 2.00. The van der Waals surface area contributed by atoms with Crippen LogP contribution in [0.2, 0.25) is 0 Å². The van der Waals surface area contributed by atoms with E-state index in [1.165, 1.54) is 0 Å². The van der Waals surface area contributed by atoms with Crippen molar-refractivity contribution in [2.45, 2.75) is 20.8 Å². The molecule has 0 saturated carbocycles. The van der Waals surface area contributed by atoms with Crippen LogP contribution in [0.3, 0.4) is 0 Å². The van der Waals surface area contributed by atoms with Crippen molar-refractivity contribution in [1.82, 2.24) is 5.32 Å². The maximum Gasteiger partial charge on any atom is 0.271 e. The van der Waals surface area contributed by atoms with Gasteiger partial charge in [0.1, 0.15) is 0 Å². The number of hydrogen-bond acceptors (Lipinski definition) is 2. The highest BCUT2D eigenvalue weighted by Gasteiger charge is 2.04. The Morgan fingerprint density at radius 3 is 2.20 bits per heavy atom. The van der Waals surface area contributed by atoms with Gasteiger partial charge in [0.05, 0.1) is 5.70 Å². The third-order valence-electron chi connectivity index (χ3n) is 1.70. The van der Waals surface area contributed by atoms with Gasteiger partial charge in [-0.05, 0) is 32.4 Å². The van der Waals surface area contributed by atoms with Gasteiger partial charge in [-0.1, -0.05) is 24.8 Å². The third kappa shape index (κ3) is 4.86. The van der Waals surface area contributed by atoms with E-state index in [0.29, 0.717) is 5.70 Å². The second kappa shape index (κ2) is 5.86. The molecule has 0 spiro atoms. The molecule has 0 aromatic heterocycles. The average Bonchev–Trinajstić information content (AvgIpc) is 2.11. The first-order chi connectivity index (χ1) is 6.88. The van der Waals surface area contributed by atoms with Crippen LogP contribution in [-0.4, -0.2) is 5.91 Å².